The van der Waals surface area contributed by atoms with Gasteiger partial charge in [-0.1, -0.05) is 6.07 Å². The fourth-order valence-corrected chi connectivity index (χ4v) is 2.69. The molecular weight excluding hydrogens is 312 g/mol. The number of benzene rings is 2. The number of hydrogen-bond acceptors (Lipinski definition) is 4. The van der Waals surface area contributed by atoms with E-state index in [-0.39, 0.29) is 11.6 Å². The molecule has 2 aromatic rings. The largest absolute Gasteiger partial charge is 0.351 e. The quantitative estimate of drug-likeness (QED) is 0.664. The van der Waals surface area contributed by atoms with Gasteiger partial charge in [0.05, 0.1) is 10.6 Å². The van der Waals surface area contributed by atoms with Crippen molar-refractivity contribution in [3.05, 3.63) is 63.7 Å². The molecule has 8 nitrogen and oxygen atoms in total. The normalized spacial score (nSPS) is 12.6. The first-order valence-electron chi connectivity index (χ1n) is 7.21. The van der Waals surface area contributed by atoms with Crippen molar-refractivity contribution in [3.63, 3.8) is 0 Å². The summed E-state index contributed by atoms with van der Waals surface area (Å²) >= 11 is 0. The number of hydrogen-bond donors (Lipinski definition) is 2. The van der Waals surface area contributed by atoms with Crippen molar-refractivity contribution in [3.8, 4) is 0 Å². The number of fused-ring (bicyclic) bond motifs is 1. The Bertz CT molecular complexity index is 832. The number of nitro benzene ring substituents is 1. The summed E-state index contributed by atoms with van der Waals surface area (Å²) in [4.78, 5) is 35.4. The molecular formula is C16H14N4O4. The minimum absolute atomic E-state index is 0.0468. The van der Waals surface area contributed by atoms with Gasteiger partial charge in [0, 0.05) is 29.9 Å². The average Bonchev–Trinajstić information content (AvgIpc) is 2.97. The zero-order valence-electron chi connectivity index (χ0n) is 12.6. The van der Waals surface area contributed by atoms with Gasteiger partial charge in [-0.15, -0.1) is 0 Å². The molecule has 0 saturated heterocycles. The van der Waals surface area contributed by atoms with Crippen LogP contribution in [-0.2, 0) is 6.42 Å². The predicted octanol–water partition coefficient (Wildman–Crippen LogP) is 2.29. The zero-order valence-corrected chi connectivity index (χ0v) is 12.6. The monoisotopic (exact) mass is 326 g/mol. The van der Waals surface area contributed by atoms with Crippen molar-refractivity contribution in [2.45, 2.75) is 6.42 Å². The maximum absolute atomic E-state index is 12.7. The molecule has 0 unspecified atom stereocenters. The highest BCUT2D eigenvalue weighted by Gasteiger charge is 2.27. The van der Waals surface area contributed by atoms with E-state index >= 15 is 0 Å². The van der Waals surface area contributed by atoms with Crippen LogP contribution in [0.4, 0.5) is 21.9 Å². The molecule has 1 aliphatic rings. The van der Waals surface area contributed by atoms with E-state index < -0.39 is 11.0 Å². The lowest BCUT2D eigenvalue weighted by molar-refractivity contribution is -0.384. The van der Waals surface area contributed by atoms with Gasteiger partial charge in [-0.3, -0.25) is 14.9 Å². The van der Waals surface area contributed by atoms with Crippen LogP contribution in [0.1, 0.15) is 15.9 Å². The standard InChI is InChI=1S/C16H14N4O4/c17-16(22)18-12-4-1-11(2-5-12)15(21)19-8-7-10-3-6-13(20(23)24)9-14(10)19/h1-6,9H,7-8H2,(H3,17,18,22). The van der Waals surface area contributed by atoms with Gasteiger partial charge in [0.15, 0.2) is 0 Å². The van der Waals surface area contributed by atoms with Crippen molar-refractivity contribution in [2.24, 2.45) is 5.73 Å². The topological polar surface area (TPSA) is 119 Å². The number of amides is 3. The molecule has 0 spiro atoms. The third-order valence-corrected chi connectivity index (χ3v) is 3.82. The number of anilines is 2. The van der Waals surface area contributed by atoms with Crippen molar-refractivity contribution in [1.82, 2.24) is 0 Å². The van der Waals surface area contributed by atoms with Crippen LogP contribution in [0.5, 0.6) is 0 Å². The molecule has 0 fully saturated rings. The van der Waals surface area contributed by atoms with Crippen LogP contribution < -0.4 is 16.0 Å². The number of non-ortho nitro benzene ring substituents is 1. The molecule has 1 aliphatic heterocycles. The Labute approximate surface area is 137 Å². The van der Waals surface area contributed by atoms with E-state index in [1.807, 2.05) is 0 Å². The SMILES string of the molecule is NC(=O)Nc1ccc(C(=O)N2CCc3ccc([N+](=O)[O-])cc32)cc1. The molecule has 3 rings (SSSR count). The van der Waals surface area contributed by atoms with Crippen LogP contribution in [0.3, 0.4) is 0 Å². The van der Waals surface area contributed by atoms with Gasteiger partial charge in [0.25, 0.3) is 11.6 Å². The lowest BCUT2D eigenvalue weighted by Gasteiger charge is -2.17. The van der Waals surface area contributed by atoms with Crippen LogP contribution in [0, 0.1) is 10.1 Å². The maximum Gasteiger partial charge on any atom is 0.316 e. The summed E-state index contributed by atoms with van der Waals surface area (Å²) in [6.07, 6.45) is 0.653. The number of nitrogens with two attached hydrogens (primary N) is 1. The van der Waals surface area contributed by atoms with Crippen LogP contribution in [0.25, 0.3) is 0 Å². The van der Waals surface area contributed by atoms with Gasteiger partial charge < -0.3 is 16.0 Å². The number of nitro groups is 1. The third kappa shape index (κ3) is 2.89. The molecule has 3 N–H and O–H groups in total. The smallest absolute Gasteiger partial charge is 0.316 e. The second-order valence-corrected chi connectivity index (χ2v) is 5.34. The molecule has 122 valence electrons. The summed E-state index contributed by atoms with van der Waals surface area (Å²) in [7, 11) is 0. The first-order valence-corrected chi connectivity index (χ1v) is 7.21. The number of nitrogens with one attached hydrogen (secondary N) is 1. The van der Waals surface area contributed by atoms with E-state index in [1.165, 1.54) is 17.0 Å². The molecule has 8 heteroatoms. The number of nitrogens with zero attached hydrogens (tertiary/aromatic N) is 2. The molecule has 0 atom stereocenters. The van der Waals surface area contributed by atoms with E-state index in [0.29, 0.717) is 29.9 Å². The summed E-state index contributed by atoms with van der Waals surface area (Å²) in [5.74, 6) is -0.250. The maximum atomic E-state index is 12.7. The minimum Gasteiger partial charge on any atom is -0.351 e. The lowest BCUT2D eigenvalue weighted by Crippen LogP contribution is -2.29. The Balaban J connectivity index is 1.86. The highest BCUT2D eigenvalue weighted by Crippen LogP contribution is 2.32. The fraction of sp³-hybridized carbons (Fsp3) is 0.125. The van der Waals surface area contributed by atoms with Crippen LogP contribution in [0.15, 0.2) is 42.5 Å². The van der Waals surface area contributed by atoms with E-state index in [0.717, 1.165) is 5.56 Å². The van der Waals surface area contributed by atoms with Gasteiger partial charge >= 0.3 is 6.03 Å². The highest BCUT2D eigenvalue weighted by atomic mass is 16.6. The van der Waals surface area contributed by atoms with Crippen molar-refractivity contribution in [2.75, 3.05) is 16.8 Å². The molecule has 0 radical (unpaired) electrons. The summed E-state index contributed by atoms with van der Waals surface area (Å²) in [6, 6.07) is 10.1. The van der Waals surface area contributed by atoms with Gasteiger partial charge in [-0.2, -0.15) is 0 Å². The molecule has 0 saturated carbocycles. The van der Waals surface area contributed by atoms with E-state index in [9.17, 15) is 19.7 Å². The highest BCUT2D eigenvalue weighted by molar-refractivity contribution is 6.07. The number of urea groups is 1. The third-order valence-electron chi connectivity index (χ3n) is 3.82. The number of carbonyl (C=O) groups is 2. The Morgan fingerprint density at radius 2 is 1.88 bits per heavy atom. The molecule has 0 aliphatic carbocycles. The van der Waals surface area contributed by atoms with Gasteiger partial charge in [0.2, 0.25) is 0 Å². The van der Waals surface area contributed by atoms with E-state index in [2.05, 4.69) is 5.32 Å². The summed E-state index contributed by atoms with van der Waals surface area (Å²) in [5, 5.41) is 13.3. The van der Waals surface area contributed by atoms with E-state index in [1.54, 1.807) is 30.3 Å². The van der Waals surface area contributed by atoms with Gasteiger partial charge in [-0.25, -0.2) is 4.79 Å². The zero-order chi connectivity index (χ0) is 17.3. The molecule has 0 bridgehead atoms. The number of rotatable bonds is 3. The van der Waals surface area contributed by atoms with Crippen LogP contribution in [0.2, 0.25) is 0 Å². The van der Waals surface area contributed by atoms with Gasteiger partial charge in [0.1, 0.15) is 0 Å². The predicted molar refractivity (Wildman–Crippen MR) is 88.1 cm³/mol. The molecule has 1 heterocycles. The second-order valence-electron chi connectivity index (χ2n) is 5.34. The number of carbonyl (C=O) groups excluding carboxylic acids is 2. The Morgan fingerprint density at radius 3 is 2.50 bits per heavy atom. The van der Waals surface area contributed by atoms with Crippen LogP contribution >= 0.6 is 0 Å². The van der Waals surface area contributed by atoms with E-state index in [4.69, 9.17) is 5.73 Å². The molecule has 0 aromatic heterocycles. The van der Waals surface area contributed by atoms with Crippen LogP contribution in [-0.4, -0.2) is 23.4 Å². The van der Waals surface area contributed by atoms with Crippen molar-refractivity contribution >= 4 is 29.0 Å². The first kappa shape index (κ1) is 15.5. The first-order chi connectivity index (χ1) is 11.5. The summed E-state index contributed by atoms with van der Waals surface area (Å²) in [6.45, 7) is 0.469. The summed E-state index contributed by atoms with van der Waals surface area (Å²) in [5.41, 5.74) is 7.36. The molecule has 3 amide bonds. The Morgan fingerprint density at radius 1 is 1.17 bits per heavy atom. The number of primary amides is 1. The molecule has 24 heavy (non-hydrogen) atoms. The average molecular weight is 326 g/mol. The van der Waals surface area contributed by atoms with Crippen molar-refractivity contribution < 1.29 is 14.5 Å². The molecule has 2 aromatic carbocycles. The summed E-state index contributed by atoms with van der Waals surface area (Å²) < 4.78 is 0. The Hall–Kier alpha value is -3.42. The fourth-order valence-electron chi connectivity index (χ4n) is 2.69. The van der Waals surface area contributed by atoms with Gasteiger partial charge in [-0.05, 0) is 36.2 Å². The van der Waals surface area contributed by atoms with Crippen molar-refractivity contribution in [1.29, 1.82) is 0 Å². The lowest BCUT2D eigenvalue weighted by atomic mass is 10.1. The second kappa shape index (κ2) is 5.99. The minimum atomic E-state index is -0.685. The Kier molecular flexibility index (Phi) is 3.87.